The number of nitrogens with zero attached hydrogens (tertiary/aromatic N) is 2. The van der Waals surface area contributed by atoms with Crippen molar-refractivity contribution >= 4 is 27.5 Å². The Morgan fingerprint density at radius 2 is 1.43 bits per heavy atom. The molecule has 0 aliphatic rings. The zero-order chi connectivity index (χ0) is 34.4. The van der Waals surface area contributed by atoms with E-state index in [1.54, 1.807) is 42.5 Å². The third-order valence-electron chi connectivity index (χ3n) is 7.80. The van der Waals surface area contributed by atoms with Crippen LogP contribution in [0.15, 0.2) is 108 Å². The number of rotatable bonds is 12. The van der Waals surface area contributed by atoms with E-state index >= 15 is 4.39 Å². The van der Waals surface area contributed by atoms with Crippen molar-refractivity contribution in [3.05, 3.63) is 131 Å². The Morgan fingerprint density at radius 3 is 2.00 bits per heavy atom. The van der Waals surface area contributed by atoms with Gasteiger partial charge >= 0.3 is 0 Å². The summed E-state index contributed by atoms with van der Waals surface area (Å²) in [6.45, 7) is 10.6. The minimum absolute atomic E-state index is 0.0239. The molecule has 0 saturated heterocycles. The molecule has 9 heteroatoms. The van der Waals surface area contributed by atoms with Crippen LogP contribution >= 0.6 is 0 Å². The Hall–Kier alpha value is -4.50. The molecule has 4 aromatic rings. The molecule has 0 fully saturated rings. The number of carbonyl (C=O) groups excluding carboxylic acids is 2. The van der Waals surface area contributed by atoms with Crippen LogP contribution in [-0.2, 0) is 32.6 Å². The van der Waals surface area contributed by atoms with Gasteiger partial charge in [0, 0.05) is 24.1 Å². The van der Waals surface area contributed by atoms with Crippen LogP contribution in [0.2, 0.25) is 0 Å². The minimum atomic E-state index is -4.24. The van der Waals surface area contributed by atoms with Gasteiger partial charge in [-0.05, 0) is 75.1 Å². The maximum absolute atomic E-state index is 15.1. The van der Waals surface area contributed by atoms with E-state index in [1.807, 2.05) is 84.0 Å². The van der Waals surface area contributed by atoms with Crippen molar-refractivity contribution in [2.45, 2.75) is 76.9 Å². The number of amides is 2. The van der Waals surface area contributed by atoms with Gasteiger partial charge in [0.15, 0.2) is 0 Å². The zero-order valence-electron chi connectivity index (χ0n) is 27.9. The SMILES string of the molecule is Cc1ccc(S(=O)(=O)N(CC(=O)N(Cc2ccccc2F)C(Cc2ccccc2)C(=O)NC(C)(C)C)c2ccc(C(C)C)cc2)cc1. The standard InChI is InChI=1S/C38H44FN3O4S/c1-27(2)30-18-20-32(21-19-30)42(47(45,46)33-22-16-28(3)17-23-33)26-36(43)41(25-31-14-10-11-15-34(31)39)35(37(44)40-38(4,5)6)24-29-12-8-7-9-13-29/h7-23,27,35H,24-26H2,1-6H3,(H,40,44). The van der Waals surface area contributed by atoms with E-state index in [9.17, 15) is 18.0 Å². The molecule has 248 valence electrons. The summed E-state index contributed by atoms with van der Waals surface area (Å²) < 4.78 is 44.6. The molecule has 0 heterocycles. The van der Waals surface area contributed by atoms with Crippen LogP contribution in [0.4, 0.5) is 10.1 Å². The van der Waals surface area contributed by atoms with Crippen molar-refractivity contribution in [1.29, 1.82) is 0 Å². The highest BCUT2D eigenvalue weighted by molar-refractivity contribution is 7.92. The lowest BCUT2D eigenvalue weighted by Crippen LogP contribution is -2.56. The third-order valence-corrected chi connectivity index (χ3v) is 9.59. The van der Waals surface area contributed by atoms with Gasteiger partial charge in [-0.2, -0.15) is 0 Å². The Kier molecular flexibility index (Phi) is 11.2. The monoisotopic (exact) mass is 657 g/mol. The van der Waals surface area contributed by atoms with Crippen LogP contribution in [0, 0.1) is 12.7 Å². The van der Waals surface area contributed by atoms with Crippen LogP contribution in [0.5, 0.6) is 0 Å². The number of carbonyl (C=O) groups is 2. The Morgan fingerprint density at radius 1 is 0.830 bits per heavy atom. The van der Waals surface area contributed by atoms with Gasteiger partial charge in [-0.15, -0.1) is 0 Å². The summed E-state index contributed by atoms with van der Waals surface area (Å²) in [4.78, 5) is 29.9. The molecular weight excluding hydrogens is 614 g/mol. The number of anilines is 1. The first kappa shape index (κ1) is 35.4. The van der Waals surface area contributed by atoms with Crippen molar-refractivity contribution in [3.63, 3.8) is 0 Å². The molecule has 1 atom stereocenters. The third kappa shape index (κ3) is 9.29. The van der Waals surface area contributed by atoms with E-state index in [0.717, 1.165) is 21.0 Å². The number of hydrogen-bond donors (Lipinski definition) is 1. The van der Waals surface area contributed by atoms with Crippen LogP contribution in [0.25, 0.3) is 0 Å². The fourth-order valence-corrected chi connectivity index (χ4v) is 6.62. The highest BCUT2D eigenvalue weighted by atomic mass is 32.2. The summed E-state index contributed by atoms with van der Waals surface area (Å²) >= 11 is 0. The van der Waals surface area contributed by atoms with Gasteiger partial charge in [0.25, 0.3) is 10.0 Å². The Balaban J connectivity index is 1.83. The van der Waals surface area contributed by atoms with Gasteiger partial charge in [-0.3, -0.25) is 13.9 Å². The second-order valence-corrected chi connectivity index (χ2v) is 15.0. The number of nitrogens with one attached hydrogen (secondary N) is 1. The van der Waals surface area contributed by atoms with Crippen molar-refractivity contribution < 1.29 is 22.4 Å². The van der Waals surface area contributed by atoms with Crippen molar-refractivity contribution in [2.75, 3.05) is 10.8 Å². The number of aryl methyl sites for hydroxylation is 1. The number of halogens is 1. The topological polar surface area (TPSA) is 86.8 Å². The Bertz CT molecular complexity index is 1770. The molecule has 1 unspecified atom stereocenters. The van der Waals surface area contributed by atoms with E-state index in [2.05, 4.69) is 5.32 Å². The van der Waals surface area contributed by atoms with Crippen LogP contribution < -0.4 is 9.62 Å². The summed E-state index contributed by atoms with van der Waals surface area (Å²) in [5.74, 6) is -1.40. The average Bonchev–Trinajstić information content (AvgIpc) is 3.02. The number of benzene rings is 4. The summed E-state index contributed by atoms with van der Waals surface area (Å²) in [6.07, 6.45) is 0.136. The summed E-state index contributed by atoms with van der Waals surface area (Å²) in [5, 5.41) is 2.98. The molecule has 0 aliphatic heterocycles. The molecule has 7 nitrogen and oxygen atoms in total. The van der Waals surface area contributed by atoms with Gasteiger partial charge in [-0.25, -0.2) is 12.8 Å². The summed E-state index contributed by atoms with van der Waals surface area (Å²) in [5.41, 5.74) is 2.57. The van der Waals surface area contributed by atoms with E-state index in [-0.39, 0.29) is 29.3 Å². The van der Waals surface area contributed by atoms with Crippen molar-refractivity contribution in [2.24, 2.45) is 0 Å². The van der Waals surface area contributed by atoms with Gasteiger partial charge in [0.1, 0.15) is 18.4 Å². The van der Waals surface area contributed by atoms with Gasteiger partial charge in [0.2, 0.25) is 11.8 Å². The predicted octanol–water partition coefficient (Wildman–Crippen LogP) is 7.01. The molecule has 4 rings (SSSR count). The molecule has 0 aromatic heterocycles. The van der Waals surface area contributed by atoms with E-state index in [4.69, 9.17) is 0 Å². The predicted molar refractivity (Wildman–Crippen MR) is 185 cm³/mol. The van der Waals surface area contributed by atoms with Crippen molar-refractivity contribution in [3.8, 4) is 0 Å². The molecule has 0 spiro atoms. The van der Waals surface area contributed by atoms with Gasteiger partial charge in [0.05, 0.1) is 10.6 Å². The molecule has 0 saturated carbocycles. The summed E-state index contributed by atoms with van der Waals surface area (Å²) in [7, 11) is -4.24. The number of sulfonamides is 1. The zero-order valence-corrected chi connectivity index (χ0v) is 28.7. The maximum atomic E-state index is 15.1. The second kappa shape index (κ2) is 14.9. The molecule has 0 bridgehead atoms. The lowest BCUT2D eigenvalue weighted by atomic mass is 10.0. The van der Waals surface area contributed by atoms with Gasteiger partial charge in [-0.1, -0.05) is 92.2 Å². The summed E-state index contributed by atoms with van der Waals surface area (Å²) in [6, 6.07) is 27.7. The smallest absolute Gasteiger partial charge is 0.264 e. The number of hydrogen-bond acceptors (Lipinski definition) is 4. The molecule has 2 amide bonds. The maximum Gasteiger partial charge on any atom is 0.264 e. The normalized spacial score (nSPS) is 12.4. The highest BCUT2D eigenvalue weighted by Crippen LogP contribution is 2.27. The molecule has 1 N–H and O–H groups in total. The highest BCUT2D eigenvalue weighted by Gasteiger charge is 2.36. The first-order valence-electron chi connectivity index (χ1n) is 15.7. The minimum Gasteiger partial charge on any atom is -0.350 e. The van der Waals surface area contributed by atoms with Crippen molar-refractivity contribution in [1.82, 2.24) is 10.2 Å². The van der Waals surface area contributed by atoms with Crippen LogP contribution in [0.3, 0.4) is 0 Å². The average molecular weight is 658 g/mol. The quantitative estimate of drug-likeness (QED) is 0.178. The van der Waals surface area contributed by atoms with Crippen LogP contribution in [-0.4, -0.2) is 43.3 Å². The molecule has 0 radical (unpaired) electrons. The van der Waals surface area contributed by atoms with E-state index in [1.165, 1.54) is 23.1 Å². The fourth-order valence-electron chi connectivity index (χ4n) is 5.21. The molecular formula is C38H44FN3O4S. The lowest BCUT2D eigenvalue weighted by Gasteiger charge is -2.35. The van der Waals surface area contributed by atoms with Gasteiger partial charge < -0.3 is 10.2 Å². The van der Waals surface area contributed by atoms with E-state index in [0.29, 0.717) is 5.69 Å². The largest absolute Gasteiger partial charge is 0.350 e. The molecule has 0 aliphatic carbocycles. The second-order valence-electron chi connectivity index (χ2n) is 13.1. The lowest BCUT2D eigenvalue weighted by molar-refractivity contribution is -0.140. The van der Waals surface area contributed by atoms with E-state index < -0.39 is 45.8 Å². The molecule has 47 heavy (non-hydrogen) atoms. The molecule has 4 aromatic carbocycles. The van der Waals surface area contributed by atoms with Crippen LogP contribution in [0.1, 0.15) is 62.8 Å². The Labute approximate surface area is 278 Å². The first-order valence-corrected chi connectivity index (χ1v) is 17.2. The fraction of sp³-hybridized carbons (Fsp3) is 0.316. The first-order chi connectivity index (χ1) is 22.2.